The Labute approximate surface area is 165 Å². The predicted octanol–water partition coefficient (Wildman–Crippen LogP) is 4.72. The molecule has 0 aliphatic carbocycles. The van der Waals surface area contributed by atoms with Gasteiger partial charge in [-0.2, -0.15) is 0 Å². The van der Waals surface area contributed by atoms with Crippen molar-refractivity contribution in [2.75, 3.05) is 17.8 Å². The van der Waals surface area contributed by atoms with Crippen LogP contribution in [0.3, 0.4) is 0 Å². The molecule has 0 saturated heterocycles. The second-order valence-corrected chi connectivity index (χ2v) is 7.43. The van der Waals surface area contributed by atoms with Gasteiger partial charge in [0.05, 0.1) is 18.3 Å². The zero-order valence-electron chi connectivity index (χ0n) is 15.2. The van der Waals surface area contributed by atoms with Crippen molar-refractivity contribution in [1.29, 1.82) is 0 Å². The van der Waals surface area contributed by atoms with E-state index in [0.29, 0.717) is 0 Å². The smallest absolute Gasteiger partial charge is 0.155 e. The van der Waals surface area contributed by atoms with Gasteiger partial charge in [0.25, 0.3) is 0 Å². The molecule has 0 spiro atoms. The predicted molar refractivity (Wildman–Crippen MR) is 112 cm³/mol. The molecule has 0 fully saturated rings. The van der Waals surface area contributed by atoms with Crippen molar-refractivity contribution in [2.45, 2.75) is 4.90 Å². The Bertz CT molecular complexity index is 1210. The van der Waals surface area contributed by atoms with E-state index in [4.69, 9.17) is 9.52 Å². The van der Waals surface area contributed by atoms with Crippen molar-refractivity contribution in [2.24, 2.45) is 0 Å². The van der Waals surface area contributed by atoms with E-state index in [9.17, 15) is 0 Å². The molecule has 138 valence electrons. The molecule has 0 saturated carbocycles. The summed E-state index contributed by atoms with van der Waals surface area (Å²) in [5, 5.41) is 5.79. The van der Waals surface area contributed by atoms with Gasteiger partial charge in [-0.3, -0.25) is 4.98 Å². The van der Waals surface area contributed by atoms with Crippen LogP contribution in [0.15, 0.2) is 82.5 Å². The maximum absolute atomic E-state index is 5.95. The van der Waals surface area contributed by atoms with Crippen molar-refractivity contribution < 1.29 is 4.42 Å². The van der Waals surface area contributed by atoms with Crippen molar-refractivity contribution in [3.05, 3.63) is 73.2 Å². The molecule has 0 bridgehead atoms. The summed E-state index contributed by atoms with van der Waals surface area (Å²) in [7, 11) is 2.04. The lowest BCUT2D eigenvalue weighted by Gasteiger charge is -2.17. The fourth-order valence-corrected chi connectivity index (χ4v) is 3.82. The minimum Gasteiger partial charge on any atom is -0.453 e. The summed E-state index contributed by atoms with van der Waals surface area (Å²) in [5.41, 5.74) is 2.35. The molecule has 0 amide bonds. The minimum absolute atomic E-state index is 0.724. The van der Waals surface area contributed by atoms with Gasteiger partial charge in [0.1, 0.15) is 11.5 Å². The van der Waals surface area contributed by atoms with Crippen LogP contribution in [0, 0.1) is 0 Å². The number of pyridine rings is 1. The Hall–Kier alpha value is -3.32. The normalized spacial score (nSPS) is 11.3. The molecule has 0 N–H and O–H groups in total. The first-order chi connectivity index (χ1) is 13.8. The maximum Gasteiger partial charge on any atom is 0.155 e. The molecule has 0 unspecified atom stereocenters. The number of rotatable bonds is 5. The number of imidazole rings is 1. The zero-order chi connectivity index (χ0) is 18.9. The molecular formula is C21H17N5OS. The summed E-state index contributed by atoms with van der Waals surface area (Å²) in [6.07, 6.45) is 5.26. The van der Waals surface area contributed by atoms with E-state index >= 15 is 0 Å². The number of benzene rings is 1. The summed E-state index contributed by atoms with van der Waals surface area (Å²) in [6.45, 7) is 0. The van der Waals surface area contributed by atoms with Gasteiger partial charge in [-0.1, -0.05) is 18.2 Å². The third-order valence-electron chi connectivity index (χ3n) is 4.48. The van der Waals surface area contributed by atoms with Gasteiger partial charge in [-0.05, 0) is 36.4 Å². The molecule has 4 heterocycles. The first-order valence-electron chi connectivity index (χ1n) is 8.86. The van der Waals surface area contributed by atoms with Crippen LogP contribution in [0.5, 0.6) is 0 Å². The summed E-state index contributed by atoms with van der Waals surface area (Å²) >= 11 is 1.77. The molecule has 5 aromatic rings. The Balaban J connectivity index is 1.46. The van der Waals surface area contributed by atoms with Crippen LogP contribution in [0.1, 0.15) is 0 Å². The van der Waals surface area contributed by atoms with Gasteiger partial charge < -0.3 is 9.32 Å². The Morgan fingerprint density at radius 3 is 2.82 bits per heavy atom. The number of furan rings is 1. The highest BCUT2D eigenvalue weighted by Crippen LogP contribution is 2.28. The van der Waals surface area contributed by atoms with Crippen LogP contribution in [-0.2, 0) is 0 Å². The van der Waals surface area contributed by atoms with Gasteiger partial charge in [0.15, 0.2) is 17.0 Å². The van der Waals surface area contributed by atoms with Crippen LogP contribution in [-0.4, -0.2) is 32.5 Å². The molecular weight excluding hydrogens is 370 g/mol. The van der Waals surface area contributed by atoms with E-state index in [1.807, 2.05) is 54.0 Å². The molecule has 0 aliphatic rings. The third-order valence-corrected chi connectivity index (χ3v) is 5.60. The molecule has 7 heteroatoms. The highest BCUT2D eigenvalue weighted by atomic mass is 32.2. The average molecular weight is 387 g/mol. The average Bonchev–Trinajstić information content (AvgIpc) is 3.35. The molecule has 0 radical (unpaired) electrons. The van der Waals surface area contributed by atoms with Crippen molar-refractivity contribution in [3.63, 3.8) is 0 Å². The number of fused-ring (bicyclic) bond motifs is 2. The molecule has 28 heavy (non-hydrogen) atoms. The second-order valence-electron chi connectivity index (χ2n) is 6.41. The second kappa shape index (κ2) is 7.01. The number of aromatic nitrogens is 4. The van der Waals surface area contributed by atoms with Crippen molar-refractivity contribution in [3.8, 4) is 11.5 Å². The monoisotopic (exact) mass is 387 g/mol. The van der Waals surface area contributed by atoms with Gasteiger partial charge in [-0.25, -0.2) is 9.50 Å². The van der Waals surface area contributed by atoms with E-state index in [1.165, 1.54) is 4.90 Å². The van der Waals surface area contributed by atoms with Crippen LogP contribution >= 0.6 is 11.8 Å². The molecule has 4 aromatic heterocycles. The summed E-state index contributed by atoms with van der Waals surface area (Å²) in [6, 6.07) is 18.2. The fourth-order valence-electron chi connectivity index (χ4n) is 3.00. The van der Waals surface area contributed by atoms with E-state index in [1.54, 1.807) is 30.4 Å². The molecule has 1 aromatic carbocycles. The first-order valence-corrected chi connectivity index (χ1v) is 9.84. The highest BCUT2D eigenvalue weighted by molar-refractivity contribution is 7.99. The quantitative estimate of drug-likeness (QED) is 0.321. The number of nitrogens with zero attached hydrogens (tertiary/aromatic N) is 5. The lowest BCUT2D eigenvalue weighted by Crippen LogP contribution is -2.18. The molecule has 0 atom stereocenters. The largest absolute Gasteiger partial charge is 0.453 e. The van der Waals surface area contributed by atoms with E-state index < -0.39 is 0 Å². The standard InChI is InChI=1S/C21H17N5OS/c1-25(14-28-16-5-3-2-4-6-16)21-8-7-20-23-12-17(26(20)24-21)18-11-15-9-10-22-13-19(15)27-18/h2-13H,14H2,1H3. The Kier molecular flexibility index (Phi) is 4.21. The lowest BCUT2D eigenvalue weighted by molar-refractivity contribution is 0.624. The molecule has 5 rings (SSSR count). The zero-order valence-corrected chi connectivity index (χ0v) is 16.0. The van der Waals surface area contributed by atoms with Gasteiger partial charge in [0, 0.05) is 23.5 Å². The van der Waals surface area contributed by atoms with Gasteiger partial charge in [-0.15, -0.1) is 16.9 Å². The van der Waals surface area contributed by atoms with E-state index in [2.05, 4.69) is 27.0 Å². The van der Waals surface area contributed by atoms with Crippen molar-refractivity contribution in [1.82, 2.24) is 19.6 Å². The maximum atomic E-state index is 5.95. The summed E-state index contributed by atoms with van der Waals surface area (Å²) < 4.78 is 7.77. The Morgan fingerprint density at radius 1 is 1.07 bits per heavy atom. The van der Waals surface area contributed by atoms with Gasteiger partial charge >= 0.3 is 0 Å². The third kappa shape index (κ3) is 3.10. The summed E-state index contributed by atoms with van der Waals surface area (Å²) in [5.74, 6) is 2.39. The van der Waals surface area contributed by atoms with E-state index in [0.717, 1.165) is 39.8 Å². The number of hydrogen-bond acceptors (Lipinski definition) is 6. The fraction of sp³-hybridized carbons (Fsp3) is 0.0952. The van der Waals surface area contributed by atoms with Crippen molar-refractivity contribution >= 4 is 34.2 Å². The van der Waals surface area contributed by atoms with Crippen LogP contribution < -0.4 is 4.90 Å². The topological polar surface area (TPSA) is 59.5 Å². The van der Waals surface area contributed by atoms with Crippen LogP contribution in [0.4, 0.5) is 5.82 Å². The Morgan fingerprint density at radius 2 is 1.96 bits per heavy atom. The van der Waals surface area contributed by atoms with Crippen LogP contribution in [0.25, 0.3) is 28.1 Å². The molecule has 0 aliphatic heterocycles. The SMILES string of the molecule is CN(CSc1ccccc1)c1ccc2ncc(-c3cc4ccncc4o3)n2n1. The lowest BCUT2D eigenvalue weighted by atomic mass is 10.3. The molecule has 6 nitrogen and oxygen atoms in total. The summed E-state index contributed by atoms with van der Waals surface area (Å²) in [4.78, 5) is 11.9. The number of thioether (sulfide) groups is 1. The van der Waals surface area contributed by atoms with E-state index in [-0.39, 0.29) is 0 Å². The highest BCUT2D eigenvalue weighted by Gasteiger charge is 2.14. The number of hydrogen-bond donors (Lipinski definition) is 0. The number of anilines is 1. The first kappa shape index (κ1) is 16.8. The van der Waals surface area contributed by atoms with Gasteiger partial charge in [0.2, 0.25) is 0 Å². The van der Waals surface area contributed by atoms with Crippen LogP contribution in [0.2, 0.25) is 0 Å². The minimum atomic E-state index is 0.724.